The Kier molecular flexibility index (Phi) is 6.30. The van der Waals surface area contributed by atoms with E-state index in [1.165, 1.54) is 19.1 Å². The Morgan fingerprint density at radius 3 is 2.03 bits per heavy atom. The fraction of sp³-hybridized carbons (Fsp3) is 0.130. The third-order valence-electron chi connectivity index (χ3n) is 4.54. The summed E-state index contributed by atoms with van der Waals surface area (Å²) in [5, 5.41) is 29.4. The number of carbonyl (C=O) groups excluding carboxylic acids is 1. The number of nitrogens with zero attached hydrogens (tertiary/aromatic N) is 2. The molecule has 0 radical (unpaired) electrons. The predicted octanol–water partition coefficient (Wildman–Crippen LogP) is 4.22. The quantitative estimate of drug-likeness (QED) is 0.322. The van der Waals surface area contributed by atoms with Gasteiger partial charge in [-0.3, -0.25) is 9.69 Å². The lowest BCUT2D eigenvalue weighted by molar-refractivity contribution is 0.100. The van der Waals surface area contributed by atoms with Crippen LogP contribution in [0.25, 0.3) is 0 Å². The van der Waals surface area contributed by atoms with Gasteiger partial charge < -0.3 is 24.8 Å². The van der Waals surface area contributed by atoms with Crippen molar-refractivity contribution in [3.63, 3.8) is 0 Å². The number of methoxy groups -OCH3 is 2. The van der Waals surface area contributed by atoms with E-state index in [9.17, 15) is 20.1 Å². The number of carbonyl (C=O) groups is 1. The van der Waals surface area contributed by atoms with E-state index in [0.29, 0.717) is 22.9 Å². The smallest absolute Gasteiger partial charge is 0.264 e. The van der Waals surface area contributed by atoms with Crippen LogP contribution in [0.3, 0.4) is 0 Å². The molecule has 0 bridgehead atoms. The summed E-state index contributed by atoms with van der Waals surface area (Å²) in [6.07, 6.45) is 0. The molecule has 1 amide bonds. The van der Waals surface area contributed by atoms with Crippen molar-refractivity contribution in [3.05, 3.63) is 66.2 Å². The molecular weight excluding hydrogens is 400 g/mol. The first-order chi connectivity index (χ1) is 14.9. The maximum atomic E-state index is 13.5. The maximum absolute atomic E-state index is 13.5. The number of rotatable bonds is 5. The monoisotopic (exact) mass is 422 g/mol. The first-order valence-electron chi connectivity index (χ1n) is 9.28. The van der Waals surface area contributed by atoms with Crippen LogP contribution >= 0.6 is 0 Å². The van der Waals surface area contributed by atoms with Gasteiger partial charge in [-0.1, -0.05) is 24.3 Å². The molecule has 160 valence electrons. The molecule has 0 heterocycles. The highest BCUT2D eigenvalue weighted by molar-refractivity contribution is 6.23. The molecule has 0 unspecified atom stereocenters. The Hall–Kier alpha value is -4.20. The van der Waals surface area contributed by atoms with Gasteiger partial charge in [0.2, 0.25) is 0 Å². The number of para-hydroxylation sites is 4. The minimum absolute atomic E-state index is 0.0618. The minimum Gasteiger partial charge on any atom is -0.504 e. The molecule has 0 aliphatic heterocycles. The van der Waals surface area contributed by atoms with Crippen molar-refractivity contribution in [2.75, 3.05) is 19.1 Å². The fourth-order valence-corrected chi connectivity index (χ4v) is 3.05. The number of amides is 1. The van der Waals surface area contributed by atoms with E-state index in [1.807, 2.05) is 0 Å². The molecule has 8 heteroatoms. The summed E-state index contributed by atoms with van der Waals surface area (Å²) in [6, 6.07) is 16.1. The van der Waals surface area contributed by atoms with Crippen LogP contribution in [0.1, 0.15) is 17.3 Å². The number of aromatic hydroxyl groups is 3. The van der Waals surface area contributed by atoms with E-state index in [-0.39, 0.29) is 11.4 Å². The van der Waals surface area contributed by atoms with Crippen molar-refractivity contribution >= 4 is 23.1 Å². The molecule has 0 aliphatic carbocycles. The molecule has 31 heavy (non-hydrogen) atoms. The highest BCUT2D eigenvalue weighted by atomic mass is 16.5. The van der Waals surface area contributed by atoms with E-state index in [4.69, 9.17) is 9.47 Å². The van der Waals surface area contributed by atoms with Gasteiger partial charge >= 0.3 is 0 Å². The van der Waals surface area contributed by atoms with Crippen LogP contribution in [0.15, 0.2) is 65.7 Å². The second-order valence-electron chi connectivity index (χ2n) is 6.51. The molecule has 3 aromatic carbocycles. The number of phenols is 3. The number of ether oxygens (including phenoxy) is 2. The number of phenolic OH excluding ortho intramolecular Hbond substituents is 3. The summed E-state index contributed by atoms with van der Waals surface area (Å²) < 4.78 is 10.7. The van der Waals surface area contributed by atoms with E-state index in [1.54, 1.807) is 55.5 Å². The molecule has 0 aromatic heterocycles. The largest absolute Gasteiger partial charge is 0.504 e. The van der Waals surface area contributed by atoms with Crippen LogP contribution in [-0.4, -0.2) is 41.3 Å². The summed E-state index contributed by atoms with van der Waals surface area (Å²) >= 11 is 0. The normalized spacial score (nSPS) is 11.1. The van der Waals surface area contributed by atoms with Crippen molar-refractivity contribution in [3.8, 4) is 28.7 Å². The van der Waals surface area contributed by atoms with Gasteiger partial charge in [0.25, 0.3) is 5.91 Å². The average Bonchev–Trinajstić information content (AvgIpc) is 2.77. The number of hydrogen-bond acceptors (Lipinski definition) is 7. The molecular formula is C23H22N2O6. The van der Waals surface area contributed by atoms with Gasteiger partial charge in [-0.05, 0) is 43.3 Å². The Labute approximate surface area is 179 Å². The zero-order valence-electron chi connectivity index (χ0n) is 17.2. The number of aliphatic imine (C=N–C) groups is 1. The number of hydrogen-bond donors (Lipinski definition) is 3. The molecule has 0 spiro atoms. The minimum atomic E-state index is -0.709. The van der Waals surface area contributed by atoms with Crippen molar-refractivity contribution in [1.82, 2.24) is 0 Å². The summed E-state index contributed by atoms with van der Waals surface area (Å²) in [5.41, 5.74) is 0.845. The lowest BCUT2D eigenvalue weighted by atomic mass is 10.1. The Morgan fingerprint density at radius 1 is 0.871 bits per heavy atom. The summed E-state index contributed by atoms with van der Waals surface area (Å²) in [6.45, 7) is 1.64. The Balaban J connectivity index is 2.18. The highest BCUT2D eigenvalue weighted by Crippen LogP contribution is 2.37. The second kappa shape index (κ2) is 9.08. The molecule has 3 rings (SSSR count). The van der Waals surface area contributed by atoms with Gasteiger partial charge in [0, 0.05) is 5.56 Å². The fourth-order valence-electron chi connectivity index (χ4n) is 3.05. The molecule has 0 saturated carbocycles. The van der Waals surface area contributed by atoms with Gasteiger partial charge in [0.05, 0.1) is 19.9 Å². The van der Waals surface area contributed by atoms with Crippen molar-refractivity contribution < 1.29 is 29.6 Å². The maximum Gasteiger partial charge on any atom is 0.264 e. The van der Waals surface area contributed by atoms with Crippen molar-refractivity contribution in [1.29, 1.82) is 0 Å². The van der Waals surface area contributed by atoms with Crippen LogP contribution in [-0.2, 0) is 0 Å². The first kappa shape index (κ1) is 21.5. The zero-order valence-corrected chi connectivity index (χ0v) is 17.2. The van der Waals surface area contributed by atoms with Gasteiger partial charge in [0.1, 0.15) is 23.0 Å². The van der Waals surface area contributed by atoms with E-state index < -0.39 is 23.2 Å². The molecule has 0 atom stereocenters. The van der Waals surface area contributed by atoms with Gasteiger partial charge in [-0.25, -0.2) is 4.99 Å². The Bertz CT molecular complexity index is 1120. The van der Waals surface area contributed by atoms with Crippen molar-refractivity contribution in [2.24, 2.45) is 4.99 Å². The number of amidine groups is 1. The molecule has 0 aliphatic rings. The van der Waals surface area contributed by atoms with Gasteiger partial charge in [-0.15, -0.1) is 0 Å². The standard InChI is InChI=1S/C23H22N2O6/c1-14(24-16-8-4-6-10-20(16)30-2)25(17-9-5-7-11-21(17)31-3)23(29)15-12-18(26)22(28)19(27)13-15/h4-13,26-28H,1-3H3. The second-order valence-corrected chi connectivity index (χ2v) is 6.51. The highest BCUT2D eigenvalue weighted by Gasteiger charge is 2.25. The summed E-state index contributed by atoms with van der Waals surface area (Å²) in [5.74, 6) is -1.34. The predicted molar refractivity (Wildman–Crippen MR) is 117 cm³/mol. The Morgan fingerprint density at radius 2 is 1.42 bits per heavy atom. The molecule has 0 saturated heterocycles. The topological polar surface area (TPSA) is 112 Å². The molecule has 3 N–H and O–H groups in total. The zero-order chi connectivity index (χ0) is 22.5. The number of benzene rings is 3. The lowest BCUT2D eigenvalue weighted by Gasteiger charge is -2.25. The third-order valence-corrected chi connectivity index (χ3v) is 4.54. The van der Waals surface area contributed by atoms with E-state index in [2.05, 4.69) is 4.99 Å². The van der Waals surface area contributed by atoms with Crippen LogP contribution < -0.4 is 14.4 Å². The lowest BCUT2D eigenvalue weighted by Crippen LogP contribution is -2.35. The van der Waals surface area contributed by atoms with Crippen LogP contribution in [0.4, 0.5) is 11.4 Å². The van der Waals surface area contributed by atoms with Crippen molar-refractivity contribution in [2.45, 2.75) is 6.92 Å². The van der Waals surface area contributed by atoms with Crippen LogP contribution in [0.5, 0.6) is 28.7 Å². The van der Waals surface area contributed by atoms with E-state index >= 15 is 0 Å². The van der Waals surface area contributed by atoms with Crippen LogP contribution in [0.2, 0.25) is 0 Å². The SMILES string of the molecule is COc1ccccc1N=C(C)N(C(=O)c1cc(O)c(O)c(O)c1)c1ccccc1OC. The first-order valence-corrected chi connectivity index (χ1v) is 9.28. The third kappa shape index (κ3) is 4.37. The summed E-state index contributed by atoms with van der Waals surface area (Å²) in [7, 11) is 3.00. The van der Waals surface area contributed by atoms with Gasteiger partial charge in [-0.2, -0.15) is 0 Å². The van der Waals surface area contributed by atoms with Gasteiger partial charge in [0.15, 0.2) is 17.2 Å². The number of anilines is 1. The molecule has 8 nitrogen and oxygen atoms in total. The van der Waals surface area contributed by atoms with Crippen LogP contribution in [0, 0.1) is 0 Å². The molecule has 3 aromatic rings. The average molecular weight is 422 g/mol. The summed E-state index contributed by atoms with van der Waals surface area (Å²) in [4.78, 5) is 19.3. The van der Waals surface area contributed by atoms with E-state index in [0.717, 1.165) is 12.1 Å². The molecule has 0 fully saturated rings.